The maximum atomic E-state index is 9.54. The van der Waals surface area contributed by atoms with Crippen molar-refractivity contribution in [3.8, 4) is 0 Å². The highest BCUT2D eigenvalue weighted by atomic mass is 32.1. The fraction of sp³-hybridized carbons (Fsp3) is 0.440. The van der Waals surface area contributed by atoms with Crippen LogP contribution in [0.2, 0.25) is 0 Å². The monoisotopic (exact) mass is 496 g/mol. The van der Waals surface area contributed by atoms with Crippen LogP contribution in [0.1, 0.15) is 46.7 Å². The van der Waals surface area contributed by atoms with Crippen LogP contribution in [-0.4, -0.2) is 38.2 Å². The summed E-state index contributed by atoms with van der Waals surface area (Å²) in [6.45, 7) is 7.73. The van der Waals surface area contributed by atoms with Gasteiger partial charge in [-0.2, -0.15) is 4.98 Å². The maximum Gasteiger partial charge on any atom is 0.225 e. The lowest BCUT2D eigenvalue weighted by Crippen LogP contribution is -2.16. The number of hydrogen-bond acceptors (Lipinski definition) is 9. The molecule has 0 fully saturated rings. The summed E-state index contributed by atoms with van der Waals surface area (Å²) >= 11 is 3.38. The van der Waals surface area contributed by atoms with Crippen molar-refractivity contribution >= 4 is 44.7 Å². The Bertz CT molecular complexity index is 1180. The minimum atomic E-state index is 0.214. The van der Waals surface area contributed by atoms with Crippen molar-refractivity contribution in [2.45, 2.75) is 53.0 Å². The standard InChI is InChI=1S/C25H32N6OS2/c1-4-18(14-32)11-12-26-24-19(9-10-22-30-20-7-5-6-8-21(20)34-22)17(3)29-25(31-24)27-13-23-28-16(2)15-33-23/h5-8,15,18,32H,4,9-14H2,1-3H3,(H2,26,27,29,31). The van der Waals surface area contributed by atoms with Gasteiger partial charge in [-0.15, -0.1) is 22.7 Å². The van der Waals surface area contributed by atoms with Gasteiger partial charge in [0.25, 0.3) is 0 Å². The predicted molar refractivity (Wildman–Crippen MR) is 142 cm³/mol. The van der Waals surface area contributed by atoms with Crippen molar-refractivity contribution in [1.82, 2.24) is 19.9 Å². The number of aliphatic hydroxyl groups is 1. The van der Waals surface area contributed by atoms with Gasteiger partial charge in [-0.3, -0.25) is 0 Å². The molecular formula is C25H32N6OS2. The second-order valence-electron chi connectivity index (χ2n) is 8.44. The lowest BCUT2D eigenvalue weighted by atomic mass is 10.0. The van der Waals surface area contributed by atoms with Gasteiger partial charge in [-0.25, -0.2) is 15.0 Å². The number of para-hydroxylation sites is 1. The Hall–Kier alpha value is -2.62. The van der Waals surface area contributed by atoms with Gasteiger partial charge in [0.2, 0.25) is 5.95 Å². The molecule has 0 saturated carbocycles. The average Bonchev–Trinajstić information content (AvgIpc) is 3.45. The van der Waals surface area contributed by atoms with Crippen LogP contribution in [0.15, 0.2) is 29.6 Å². The highest BCUT2D eigenvalue weighted by Gasteiger charge is 2.14. The maximum absolute atomic E-state index is 9.54. The number of fused-ring (bicyclic) bond motifs is 1. The van der Waals surface area contributed by atoms with Gasteiger partial charge in [0.05, 0.1) is 21.8 Å². The largest absolute Gasteiger partial charge is 0.396 e. The molecule has 9 heteroatoms. The number of hydrogen-bond donors (Lipinski definition) is 3. The number of aryl methyl sites for hydroxylation is 3. The predicted octanol–water partition coefficient (Wildman–Crippen LogP) is 5.38. The van der Waals surface area contributed by atoms with Gasteiger partial charge in [0.1, 0.15) is 10.8 Å². The van der Waals surface area contributed by atoms with Crippen molar-refractivity contribution < 1.29 is 5.11 Å². The van der Waals surface area contributed by atoms with E-state index in [-0.39, 0.29) is 6.61 Å². The van der Waals surface area contributed by atoms with Crippen LogP contribution < -0.4 is 10.6 Å². The van der Waals surface area contributed by atoms with E-state index in [1.165, 1.54) is 4.70 Å². The Kier molecular flexibility index (Phi) is 8.42. The van der Waals surface area contributed by atoms with E-state index >= 15 is 0 Å². The van der Waals surface area contributed by atoms with E-state index in [1.54, 1.807) is 22.7 Å². The van der Waals surface area contributed by atoms with Crippen LogP contribution in [0, 0.1) is 19.8 Å². The Labute approximate surface area is 208 Å². The molecule has 0 saturated heterocycles. The summed E-state index contributed by atoms with van der Waals surface area (Å²) in [5, 5.41) is 20.6. The molecule has 0 amide bonds. The number of aliphatic hydroxyl groups excluding tert-OH is 1. The first kappa shape index (κ1) is 24.5. The molecule has 3 N–H and O–H groups in total. The molecule has 0 radical (unpaired) electrons. The zero-order chi connectivity index (χ0) is 23.9. The number of nitrogens with one attached hydrogen (secondary N) is 2. The average molecular weight is 497 g/mol. The summed E-state index contributed by atoms with van der Waals surface area (Å²) in [7, 11) is 0. The first-order valence-corrected chi connectivity index (χ1v) is 13.5. The minimum Gasteiger partial charge on any atom is -0.396 e. The Morgan fingerprint density at radius 3 is 2.59 bits per heavy atom. The zero-order valence-corrected chi connectivity index (χ0v) is 21.6. The normalized spacial score (nSPS) is 12.2. The van der Waals surface area contributed by atoms with Crippen LogP contribution in [0.25, 0.3) is 10.2 Å². The number of aromatic nitrogens is 4. The van der Waals surface area contributed by atoms with Crippen LogP contribution >= 0.6 is 22.7 Å². The molecule has 7 nitrogen and oxygen atoms in total. The summed E-state index contributed by atoms with van der Waals surface area (Å²) in [6, 6.07) is 8.26. The van der Waals surface area contributed by atoms with E-state index in [0.717, 1.165) is 70.5 Å². The van der Waals surface area contributed by atoms with Crippen molar-refractivity contribution in [3.05, 3.63) is 56.6 Å². The van der Waals surface area contributed by atoms with Gasteiger partial charge in [0, 0.05) is 41.9 Å². The molecular weight excluding hydrogens is 464 g/mol. The molecule has 4 rings (SSSR count). The van der Waals surface area contributed by atoms with E-state index in [9.17, 15) is 5.11 Å². The van der Waals surface area contributed by atoms with Crippen molar-refractivity contribution in [1.29, 1.82) is 0 Å². The van der Waals surface area contributed by atoms with E-state index in [2.05, 4.69) is 40.7 Å². The van der Waals surface area contributed by atoms with Crippen molar-refractivity contribution in [2.75, 3.05) is 23.8 Å². The van der Waals surface area contributed by atoms with E-state index < -0.39 is 0 Å². The molecule has 0 aliphatic rings. The van der Waals surface area contributed by atoms with Gasteiger partial charge in [-0.05, 0) is 44.7 Å². The molecule has 1 aromatic carbocycles. The second-order valence-corrected chi connectivity index (χ2v) is 10.5. The third-order valence-electron chi connectivity index (χ3n) is 5.89. The molecule has 34 heavy (non-hydrogen) atoms. The lowest BCUT2D eigenvalue weighted by molar-refractivity contribution is 0.217. The third-order valence-corrected chi connectivity index (χ3v) is 7.95. The summed E-state index contributed by atoms with van der Waals surface area (Å²) < 4.78 is 1.22. The Morgan fingerprint density at radius 2 is 1.85 bits per heavy atom. The van der Waals surface area contributed by atoms with E-state index in [4.69, 9.17) is 15.0 Å². The number of rotatable bonds is 12. The van der Waals surface area contributed by atoms with E-state index in [1.807, 2.05) is 25.3 Å². The molecule has 0 aliphatic carbocycles. The smallest absolute Gasteiger partial charge is 0.225 e. The van der Waals surface area contributed by atoms with Crippen LogP contribution in [0.5, 0.6) is 0 Å². The van der Waals surface area contributed by atoms with Gasteiger partial charge in [-0.1, -0.05) is 25.5 Å². The van der Waals surface area contributed by atoms with Crippen LogP contribution in [0.4, 0.5) is 11.8 Å². The molecule has 1 atom stereocenters. The zero-order valence-electron chi connectivity index (χ0n) is 20.0. The topological polar surface area (TPSA) is 95.8 Å². The van der Waals surface area contributed by atoms with Gasteiger partial charge >= 0.3 is 0 Å². The molecule has 4 aromatic rings. The first-order chi connectivity index (χ1) is 16.6. The highest BCUT2D eigenvalue weighted by Crippen LogP contribution is 2.26. The fourth-order valence-corrected chi connectivity index (χ4v) is 5.52. The van der Waals surface area contributed by atoms with Gasteiger partial charge in [0.15, 0.2) is 0 Å². The molecule has 0 spiro atoms. The Balaban J connectivity index is 1.50. The van der Waals surface area contributed by atoms with Crippen LogP contribution in [0.3, 0.4) is 0 Å². The minimum absolute atomic E-state index is 0.214. The first-order valence-electron chi connectivity index (χ1n) is 11.8. The molecule has 0 aliphatic heterocycles. The number of anilines is 2. The van der Waals surface area contributed by atoms with Crippen LogP contribution in [-0.2, 0) is 19.4 Å². The molecule has 3 heterocycles. The molecule has 180 valence electrons. The summed E-state index contributed by atoms with van der Waals surface area (Å²) in [4.78, 5) is 18.9. The fourth-order valence-electron chi connectivity index (χ4n) is 3.84. The third kappa shape index (κ3) is 6.28. The summed E-state index contributed by atoms with van der Waals surface area (Å²) in [5.41, 5.74) is 4.17. The molecule has 1 unspecified atom stereocenters. The SMILES string of the molecule is CCC(CO)CCNc1nc(NCc2nc(C)cs2)nc(C)c1CCc1nc2ccccc2s1. The molecule has 0 bridgehead atoms. The summed E-state index contributed by atoms with van der Waals surface area (Å²) in [5.74, 6) is 1.76. The van der Waals surface area contributed by atoms with Crippen molar-refractivity contribution in [2.24, 2.45) is 5.92 Å². The number of nitrogens with zero attached hydrogens (tertiary/aromatic N) is 4. The summed E-state index contributed by atoms with van der Waals surface area (Å²) in [6.07, 6.45) is 3.52. The quantitative estimate of drug-likeness (QED) is 0.242. The van der Waals surface area contributed by atoms with Crippen molar-refractivity contribution in [3.63, 3.8) is 0 Å². The Morgan fingerprint density at radius 1 is 1.00 bits per heavy atom. The number of thiazole rings is 2. The highest BCUT2D eigenvalue weighted by molar-refractivity contribution is 7.18. The second kappa shape index (κ2) is 11.7. The molecule has 3 aromatic heterocycles. The van der Waals surface area contributed by atoms with Gasteiger partial charge < -0.3 is 15.7 Å². The van der Waals surface area contributed by atoms with E-state index in [0.29, 0.717) is 18.4 Å². The lowest BCUT2D eigenvalue weighted by Gasteiger charge is -2.17. The number of benzene rings is 1.